The van der Waals surface area contributed by atoms with Gasteiger partial charge in [0.2, 0.25) is 8.32 Å². The van der Waals surface area contributed by atoms with Crippen LogP contribution in [0.1, 0.15) is 73.9 Å². The Balaban J connectivity index is 2.49. The minimum atomic E-state index is -2.43. The molecule has 0 aliphatic carbocycles. The second kappa shape index (κ2) is 8.79. The van der Waals surface area contributed by atoms with E-state index >= 15 is 0 Å². The van der Waals surface area contributed by atoms with Crippen molar-refractivity contribution in [3.05, 3.63) is 35.6 Å². The average Bonchev–Trinajstić information content (AvgIpc) is 2.58. The number of likely N-dealkylation sites (tertiary alicyclic amines) is 1. The third-order valence-electron chi connectivity index (χ3n) is 5.90. The van der Waals surface area contributed by atoms with Crippen molar-refractivity contribution in [3.63, 3.8) is 0 Å². The number of imide groups is 1. The van der Waals surface area contributed by atoms with Crippen LogP contribution in [0, 0.1) is 5.82 Å². The molecule has 0 bridgehead atoms. The van der Waals surface area contributed by atoms with Crippen LogP contribution in [-0.2, 0) is 14.0 Å². The third kappa shape index (κ3) is 4.47. The molecule has 1 saturated heterocycles. The number of hydrogen-bond donors (Lipinski definition) is 0. The van der Waals surface area contributed by atoms with Crippen LogP contribution in [0.25, 0.3) is 0 Å². The van der Waals surface area contributed by atoms with Gasteiger partial charge in [0.1, 0.15) is 17.5 Å². The lowest BCUT2D eigenvalue weighted by Crippen LogP contribution is -2.66. The van der Waals surface area contributed by atoms with Gasteiger partial charge in [0.25, 0.3) is 5.91 Å². The SMILES string of the molecule is CC(C)[Si](O[C@@H]1C(=O)N(C(=O)OC(C)(C)C)[C@@H]1c1ccccc1F)(C(C)C)C(C)C. The molecule has 0 N–H and O–H groups in total. The number of β-lactam (4-membered cyclic amide) rings is 1. The number of ether oxygens (including phenoxy) is 1. The summed E-state index contributed by atoms with van der Waals surface area (Å²) >= 11 is 0. The molecule has 0 unspecified atom stereocenters. The average molecular weight is 438 g/mol. The summed E-state index contributed by atoms with van der Waals surface area (Å²) in [5.74, 6) is -0.931. The van der Waals surface area contributed by atoms with Crippen LogP contribution in [-0.4, -0.2) is 36.9 Å². The van der Waals surface area contributed by atoms with Gasteiger partial charge in [-0.25, -0.2) is 14.1 Å². The highest BCUT2D eigenvalue weighted by atomic mass is 28.4. The predicted molar refractivity (Wildman–Crippen MR) is 118 cm³/mol. The van der Waals surface area contributed by atoms with Crippen molar-refractivity contribution in [1.82, 2.24) is 4.90 Å². The molecule has 2 rings (SSSR count). The van der Waals surface area contributed by atoms with E-state index < -0.39 is 43.9 Å². The topological polar surface area (TPSA) is 55.8 Å². The molecule has 168 valence electrons. The van der Waals surface area contributed by atoms with E-state index in [1.54, 1.807) is 39.0 Å². The van der Waals surface area contributed by atoms with Crippen molar-refractivity contribution < 1.29 is 23.1 Å². The lowest BCUT2D eigenvalue weighted by atomic mass is 9.91. The summed E-state index contributed by atoms with van der Waals surface area (Å²) in [6.07, 6.45) is -1.67. The first-order chi connectivity index (χ1) is 13.7. The van der Waals surface area contributed by atoms with E-state index in [1.165, 1.54) is 6.07 Å². The van der Waals surface area contributed by atoms with Gasteiger partial charge in [-0.05, 0) is 43.5 Å². The smallest absolute Gasteiger partial charge is 0.417 e. The molecule has 7 heteroatoms. The summed E-state index contributed by atoms with van der Waals surface area (Å²) in [5.41, 5.74) is 0.258. The van der Waals surface area contributed by atoms with E-state index in [0.29, 0.717) is 0 Å². The zero-order valence-electron chi connectivity index (χ0n) is 19.7. The molecule has 1 aromatic rings. The second-order valence-corrected chi connectivity index (χ2v) is 15.4. The molecular weight excluding hydrogens is 401 g/mol. The zero-order valence-corrected chi connectivity index (χ0v) is 20.7. The van der Waals surface area contributed by atoms with Crippen LogP contribution in [0.3, 0.4) is 0 Å². The van der Waals surface area contributed by atoms with Crippen LogP contribution in [0.5, 0.6) is 0 Å². The zero-order chi connectivity index (χ0) is 23.0. The van der Waals surface area contributed by atoms with Crippen LogP contribution < -0.4 is 0 Å². The minimum Gasteiger partial charge on any atom is -0.443 e. The summed E-state index contributed by atoms with van der Waals surface area (Å²) in [5, 5.41) is 0. The van der Waals surface area contributed by atoms with Crippen molar-refractivity contribution in [2.45, 2.75) is 96.7 Å². The number of carbonyl (C=O) groups is 2. The van der Waals surface area contributed by atoms with Gasteiger partial charge in [-0.1, -0.05) is 59.7 Å². The van der Waals surface area contributed by atoms with Crippen molar-refractivity contribution >= 4 is 20.3 Å². The Labute approximate surface area is 181 Å². The Hall–Kier alpha value is -1.73. The Morgan fingerprint density at radius 3 is 1.97 bits per heavy atom. The van der Waals surface area contributed by atoms with Gasteiger partial charge in [-0.15, -0.1) is 0 Å². The molecule has 0 aromatic heterocycles. The standard InChI is InChI=1S/C23H36FNO4Si/c1-14(2)30(15(3)4,16(5)6)29-20-19(17-12-10-11-13-18(17)24)25(21(20)26)22(27)28-23(7,8)9/h10-16,19-20H,1-9H3/t19-,20+/m1/s1. The van der Waals surface area contributed by atoms with Crippen LogP contribution in [0.4, 0.5) is 9.18 Å². The number of rotatable bonds is 6. The van der Waals surface area contributed by atoms with Crippen molar-refractivity contribution in [3.8, 4) is 0 Å². The molecule has 0 spiro atoms. The molecule has 2 atom stereocenters. The Bertz CT molecular complexity index is 766. The highest BCUT2D eigenvalue weighted by Gasteiger charge is 2.59. The summed E-state index contributed by atoms with van der Waals surface area (Å²) < 4.78 is 26.8. The van der Waals surface area contributed by atoms with E-state index in [2.05, 4.69) is 41.5 Å². The van der Waals surface area contributed by atoms with Crippen LogP contribution >= 0.6 is 0 Å². The van der Waals surface area contributed by atoms with E-state index in [4.69, 9.17) is 9.16 Å². The number of nitrogens with zero attached hydrogens (tertiary/aromatic N) is 1. The molecule has 1 aliphatic heterocycles. The second-order valence-electron chi connectivity index (χ2n) is 10.0. The van der Waals surface area contributed by atoms with Crippen LogP contribution in [0.15, 0.2) is 24.3 Å². The molecule has 1 aliphatic rings. The van der Waals surface area contributed by atoms with Gasteiger partial charge >= 0.3 is 6.09 Å². The molecule has 0 radical (unpaired) electrons. The first-order valence-corrected chi connectivity index (χ1v) is 12.9. The van der Waals surface area contributed by atoms with E-state index in [1.807, 2.05) is 0 Å². The number of hydrogen-bond acceptors (Lipinski definition) is 4. The fourth-order valence-corrected chi connectivity index (χ4v) is 10.2. The Kier molecular flexibility index (Phi) is 7.19. The predicted octanol–water partition coefficient (Wildman–Crippen LogP) is 6.20. The van der Waals surface area contributed by atoms with Gasteiger partial charge in [0.05, 0.1) is 0 Å². The van der Waals surface area contributed by atoms with Crippen molar-refractivity contribution in [1.29, 1.82) is 0 Å². The fourth-order valence-electron chi connectivity index (χ4n) is 4.74. The minimum absolute atomic E-state index is 0.252. The normalized spacial score (nSPS) is 20.2. The van der Waals surface area contributed by atoms with E-state index in [-0.39, 0.29) is 22.2 Å². The van der Waals surface area contributed by atoms with Gasteiger partial charge in [0, 0.05) is 5.56 Å². The Morgan fingerprint density at radius 2 is 1.53 bits per heavy atom. The van der Waals surface area contributed by atoms with Crippen molar-refractivity contribution in [2.75, 3.05) is 0 Å². The quantitative estimate of drug-likeness (QED) is 0.392. The fraction of sp³-hybridized carbons (Fsp3) is 0.652. The molecular formula is C23H36FNO4Si. The van der Waals surface area contributed by atoms with E-state index in [0.717, 1.165) is 4.90 Å². The lowest BCUT2D eigenvalue weighted by molar-refractivity contribution is -0.162. The largest absolute Gasteiger partial charge is 0.443 e. The molecule has 30 heavy (non-hydrogen) atoms. The lowest BCUT2D eigenvalue weighted by Gasteiger charge is -2.52. The summed E-state index contributed by atoms with van der Waals surface area (Å²) in [6.45, 7) is 17.9. The van der Waals surface area contributed by atoms with Gasteiger partial charge in [-0.3, -0.25) is 4.79 Å². The van der Waals surface area contributed by atoms with Gasteiger partial charge < -0.3 is 9.16 Å². The highest BCUT2D eigenvalue weighted by molar-refractivity contribution is 6.77. The monoisotopic (exact) mass is 437 g/mol. The number of carbonyl (C=O) groups excluding carboxylic acids is 2. The van der Waals surface area contributed by atoms with Crippen molar-refractivity contribution in [2.24, 2.45) is 0 Å². The summed E-state index contributed by atoms with van der Waals surface area (Å²) in [6, 6.07) is 5.38. The maximum Gasteiger partial charge on any atom is 0.417 e. The first-order valence-electron chi connectivity index (χ1n) is 10.7. The maximum atomic E-state index is 14.7. The summed E-state index contributed by atoms with van der Waals surface area (Å²) in [7, 11) is -2.43. The number of halogens is 1. The summed E-state index contributed by atoms with van der Waals surface area (Å²) in [4.78, 5) is 26.9. The Morgan fingerprint density at radius 1 is 1.03 bits per heavy atom. The molecule has 0 saturated carbocycles. The molecule has 1 aromatic carbocycles. The molecule has 1 heterocycles. The highest BCUT2D eigenvalue weighted by Crippen LogP contribution is 2.48. The van der Waals surface area contributed by atoms with E-state index in [9.17, 15) is 14.0 Å². The molecule has 2 amide bonds. The molecule has 5 nitrogen and oxygen atoms in total. The number of benzene rings is 1. The third-order valence-corrected chi connectivity index (χ3v) is 12.0. The maximum absolute atomic E-state index is 14.7. The molecule has 1 fully saturated rings. The number of amides is 2. The first kappa shape index (κ1) is 24.5. The van der Waals surface area contributed by atoms with Gasteiger partial charge in [0.15, 0.2) is 6.10 Å². The van der Waals surface area contributed by atoms with Crippen LogP contribution in [0.2, 0.25) is 16.6 Å². The van der Waals surface area contributed by atoms with Gasteiger partial charge in [-0.2, -0.15) is 0 Å².